The van der Waals surface area contributed by atoms with Crippen molar-refractivity contribution in [3.8, 4) is 0 Å². The molecular formula is C29H40O5. The van der Waals surface area contributed by atoms with Crippen molar-refractivity contribution in [2.75, 3.05) is 19.8 Å². The minimum Gasteiger partial charge on any atom is -0.373 e. The number of benzene rings is 2. The van der Waals surface area contributed by atoms with Crippen LogP contribution in [0.15, 0.2) is 60.7 Å². The Morgan fingerprint density at radius 1 is 0.706 bits per heavy atom. The molecule has 0 bridgehead atoms. The summed E-state index contributed by atoms with van der Waals surface area (Å²) >= 11 is 0. The van der Waals surface area contributed by atoms with Gasteiger partial charge in [0.1, 0.15) is 30.5 Å². The summed E-state index contributed by atoms with van der Waals surface area (Å²) in [5.41, 5.74) is 2.12. The Labute approximate surface area is 204 Å². The van der Waals surface area contributed by atoms with Gasteiger partial charge in [0.2, 0.25) is 0 Å². The first-order valence-corrected chi connectivity index (χ1v) is 13.1. The van der Waals surface area contributed by atoms with Crippen LogP contribution in [0.4, 0.5) is 0 Å². The number of ether oxygens (including phenoxy) is 5. The van der Waals surface area contributed by atoms with E-state index < -0.39 is 6.29 Å². The zero-order valence-electron chi connectivity index (χ0n) is 20.6. The van der Waals surface area contributed by atoms with Gasteiger partial charge >= 0.3 is 0 Å². The van der Waals surface area contributed by atoms with Crippen molar-refractivity contribution >= 4 is 0 Å². The van der Waals surface area contributed by atoms with E-state index in [0.717, 1.165) is 49.7 Å². The SMILES string of the molecule is CCCCCO[C@@H]1[C@@H](OCCCCC)[C@H](c2ccccc2)O[C@@H]2COC(c3ccccc3)O[C@@H]12. The number of unbranched alkanes of at least 4 members (excludes halogenated alkanes) is 4. The highest BCUT2D eigenvalue weighted by Crippen LogP contribution is 2.41. The Morgan fingerprint density at radius 2 is 1.29 bits per heavy atom. The van der Waals surface area contributed by atoms with E-state index in [4.69, 9.17) is 23.7 Å². The summed E-state index contributed by atoms with van der Waals surface area (Å²) in [4.78, 5) is 0. The van der Waals surface area contributed by atoms with Gasteiger partial charge in [-0.3, -0.25) is 0 Å². The number of hydrogen-bond acceptors (Lipinski definition) is 5. The molecule has 186 valence electrons. The molecule has 5 heteroatoms. The van der Waals surface area contributed by atoms with E-state index >= 15 is 0 Å². The molecule has 2 aromatic rings. The van der Waals surface area contributed by atoms with Gasteiger partial charge in [0.25, 0.3) is 0 Å². The second-order valence-corrected chi connectivity index (χ2v) is 9.27. The fourth-order valence-corrected chi connectivity index (χ4v) is 4.79. The topological polar surface area (TPSA) is 46.2 Å². The van der Waals surface area contributed by atoms with Crippen molar-refractivity contribution in [2.45, 2.75) is 89.2 Å². The molecule has 0 radical (unpaired) electrons. The first-order chi connectivity index (χ1) is 16.8. The molecule has 0 spiro atoms. The van der Waals surface area contributed by atoms with E-state index in [2.05, 4.69) is 38.1 Å². The van der Waals surface area contributed by atoms with Crippen molar-refractivity contribution in [3.05, 3.63) is 71.8 Å². The van der Waals surface area contributed by atoms with Crippen molar-refractivity contribution in [1.82, 2.24) is 0 Å². The lowest BCUT2D eigenvalue weighted by atomic mass is 9.90. The van der Waals surface area contributed by atoms with Crippen LogP contribution in [0.3, 0.4) is 0 Å². The summed E-state index contributed by atoms with van der Waals surface area (Å²) in [6.07, 6.45) is 5.10. The third-order valence-electron chi connectivity index (χ3n) is 6.64. The average Bonchev–Trinajstić information content (AvgIpc) is 2.90. The summed E-state index contributed by atoms with van der Waals surface area (Å²) < 4.78 is 32.4. The van der Waals surface area contributed by atoms with E-state index in [0.29, 0.717) is 19.8 Å². The monoisotopic (exact) mass is 468 g/mol. The average molecular weight is 469 g/mol. The Kier molecular flexibility index (Phi) is 9.96. The smallest absolute Gasteiger partial charge is 0.184 e. The van der Waals surface area contributed by atoms with Crippen LogP contribution in [-0.4, -0.2) is 44.2 Å². The molecule has 2 aliphatic rings. The minimum atomic E-state index is -0.429. The zero-order valence-corrected chi connectivity index (χ0v) is 20.6. The van der Waals surface area contributed by atoms with Gasteiger partial charge in [-0.1, -0.05) is 100 Å². The Balaban J connectivity index is 1.58. The number of hydrogen-bond donors (Lipinski definition) is 0. The van der Waals surface area contributed by atoms with Gasteiger partial charge in [0.15, 0.2) is 6.29 Å². The second-order valence-electron chi connectivity index (χ2n) is 9.27. The predicted octanol–water partition coefficient (Wildman–Crippen LogP) is 6.39. The van der Waals surface area contributed by atoms with Crippen molar-refractivity contribution in [2.24, 2.45) is 0 Å². The van der Waals surface area contributed by atoms with E-state index in [1.54, 1.807) is 0 Å². The van der Waals surface area contributed by atoms with Gasteiger partial charge in [0.05, 0.1) is 6.61 Å². The number of rotatable bonds is 12. The highest BCUT2D eigenvalue weighted by Gasteiger charge is 2.51. The standard InChI is InChI=1S/C29H40O5/c1-3-5-13-19-30-27-25(22-15-9-7-10-16-22)33-24-21-32-29(23-17-11-8-12-18-23)34-26(24)28(27)31-20-14-6-4-2/h7-12,15-18,24-29H,3-6,13-14,19-21H2,1-2H3/t24-,25+,26-,27+,28+,29?/m1/s1. The molecular weight excluding hydrogens is 428 g/mol. The summed E-state index contributed by atoms with van der Waals surface area (Å²) in [6, 6.07) is 20.5. The highest BCUT2D eigenvalue weighted by molar-refractivity contribution is 5.21. The molecule has 2 saturated heterocycles. The molecule has 2 aromatic carbocycles. The quantitative estimate of drug-likeness (QED) is 0.338. The lowest BCUT2D eigenvalue weighted by Crippen LogP contribution is -2.60. The van der Waals surface area contributed by atoms with E-state index in [1.807, 2.05) is 36.4 Å². The third-order valence-corrected chi connectivity index (χ3v) is 6.64. The molecule has 0 saturated carbocycles. The van der Waals surface area contributed by atoms with Crippen LogP contribution in [0.5, 0.6) is 0 Å². The molecule has 5 nitrogen and oxygen atoms in total. The summed E-state index contributed by atoms with van der Waals surface area (Å²) in [6.45, 7) is 6.27. The van der Waals surface area contributed by atoms with Crippen LogP contribution in [0.1, 0.15) is 75.9 Å². The van der Waals surface area contributed by atoms with Crippen LogP contribution in [0, 0.1) is 0 Å². The molecule has 2 heterocycles. The highest BCUT2D eigenvalue weighted by atomic mass is 16.7. The summed E-state index contributed by atoms with van der Waals surface area (Å²) in [5.74, 6) is 0. The summed E-state index contributed by atoms with van der Waals surface area (Å²) in [7, 11) is 0. The molecule has 0 amide bonds. The predicted molar refractivity (Wildman–Crippen MR) is 133 cm³/mol. The van der Waals surface area contributed by atoms with Gasteiger partial charge in [-0.05, 0) is 18.4 Å². The van der Waals surface area contributed by atoms with Crippen LogP contribution in [0.2, 0.25) is 0 Å². The maximum atomic E-state index is 6.63. The largest absolute Gasteiger partial charge is 0.373 e. The Morgan fingerprint density at radius 3 is 1.91 bits per heavy atom. The molecule has 2 aliphatic heterocycles. The molecule has 0 aliphatic carbocycles. The molecule has 2 fully saturated rings. The van der Waals surface area contributed by atoms with Crippen molar-refractivity contribution in [3.63, 3.8) is 0 Å². The van der Waals surface area contributed by atoms with Gasteiger partial charge in [-0.15, -0.1) is 0 Å². The Hall–Kier alpha value is -1.76. The Bertz CT molecular complexity index is 814. The molecule has 0 N–H and O–H groups in total. The molecule has 34 heavy (non-hydrogen) atoms. The van der Waals surface area contributed by atoms with E-state index in [-0.39, 0.29) is 30.5 Å². The van der Waals surface area contributed by atoms with Gasteiger partial charge in [-0.25, -0.2) is 0 Å². The molecule has 6 atom stereocenters. The number of fused-ring (bicyclic) bond motifs is 1. The van der Waals surface area contributed by atoms with Crippen LogP contribution >= 0.6 is 0 Å². The van der Waals surface area contributed by atoms with Gasteiger partial charge in [-0.2, -0.15) is 0 Å². The minimum absolute atomic E-state index is 0.211. The normalized spacial score (nSPS) is 29.0. The third kappa shape index (κ3) is 6.46. The maximum Gasteiger partial charge on any atom is 0.184 e. The fraction of sp³-hybridized carbons (Fsp3) is 0.586. The maximum absolute atomic E-state index is 6.63. The van der Waals surface area contributed by atoms with E-state index in [9.17, 15) is 0 Å². The lowest BCUT2D eigenvalue weighted by Gasteiger charge is -2.49. The first-order valence-electron chi connectivity index (χ1n) is 13.1. The summed E-state index contributed by atoms with van der Waals surface area (Å²) in [5, 5.41) is 0. The van der Waals surface area contributed by atoms with Gasteiger partial charge < -0.3 is 23.7 Å². The van der Waals surface area contributed by atoms with Crippen molar-refractivity contribution in [1.29, 1.82) is 0 Å². The first kappa shape index (κ1) is 25.3. The second kappa shape index (κ2) is 13.4. The lowest BCUT2D eigenvalue weighted by molar-refractivity contribution is -0.339. The van der Waals surface area contributed by atoms with Crippen LogP contribution in [0.25, 0.3) is 0 Å². The van der Waals surface area contributed by atoms with Gasteiger partial charge in [0, 0.05) is 18.8 Å². The zero-order chi connectivity index (χ0) is 23.6. The molecule has 4 rings (SSSR count). The fourth-order valence-electron chi connectivity index (χ4n) is 4.79. The van der Waals surface area contributed by atoms with E-state index in [1.165, 1.54) is 0 Å². The van der Waals surface area contributed by atoms with Crippen molar-refractivity contribution < 1.29 is 23.7 Å². The molecule has 0 aromatic heterocycles. The van der Waals surface area contributed by atoms with Crippen LogP contribution in [-0.2, 0) is 23.7 Å². The van der Waals surface area contributed by atoms with Crippen LogP contribution < -0.4 is 0 Å². The molecule has 1 unspecified atom stereocenters.